The van der Waals surface area contributed by atoms with E-state index in [9.17, 15) is 9.90 Å². The van der Waals surface area contributed by atoms with Crippen LogP contribution in [0, 0.1) is 0 Å². The number of phenols is 1. The molecule has 1 N–H and O–H groups in total. The van der Waals surface area contributed by atoms with E-state index in [-0.39, 0.29) is 11.7 Å². The first-order valence-corrected chi connectivity index (χ1v) is 6.74. The quantitative estimate of drug-likeness (QED) is 0.846. The van der Waals surface area contributed by atoms with Gasteiger partial charge in [0.1, 0.15) is 11.2 Å². The van der Waals surface area contributed by atoms with Gasteiger partial charge in [0.25, 0.3) is 0 Å². The van der Waals surface area contributed by atoms with Crippen LogP contribution in [0.25, 0.3) is 0 Å². The van der Waals surface area contributed by atoms with Gasteiger partial charge < -0.3 is 14.7 Å². The molecule has 0 radical (unpaired) electrons. The SMILES string of the molecule is CCOC(=O)C1(c2cccc(O)c2)CCCN(C)C1. The summed E-state index contributed by atoms with van der Waals surface area (Å²) < 4.78 is 5.28. The minimum Gasteiger partial charge on any atom is -0.508 e. The van der Waals surface area contributed by atoms with E-state index in [0.717, 1.165) is 24.9 Å². The molecule has 19 heavy (non-hydrogen) atoms. The summed E-state index contributed by atoms with van der Waals surface area (Å²) in [6.45, 7) is 3.82. The van der Waals surface area contributed by atoms with Crippen molar-refractivity contribution >= 4 is 5.97 Å². The Hall–Kier alpha value is -1.55. The third-order valence-corrected chi connectivity index (χ3v) is 3.75. The number of piperidine rings is 1. The highest BCUT2D eigenvalue weighted by Crippen LogP contribution is 2.36. The number of esters is 1. The molecule has 1 aromatic rings. The van der Waals surface area contributed by atoms with Crippen LogP contribution in [-0.4, -0.2) is 42.7 Å². The van der Waals surface area contributed by atoms with Crippen LogP contribution in [0.15, 0.2) is 24.3 Å². The van der Waals surface area contributed by atoms with Crippen molar-refractivity contribution in [3.63, 3.8) is 0 Å². The van der Waals surface area contributed by atoms with Gasteiger partial charge in [0, 0.05) is 6.54 Å². The number of hydrogen-bond acceptors (Lipinski definition) is 4. The van der Waals surface area contributed by atoms with Crippen molar-refractivity contribution in [3.8, 4) is 5.75 Å². The van der Waals surface area contributed by atoms with Crippen molar-refractivity contribution < 1.29 is 14.6 Å². The van der Waals surface area contributed by atoms with E-state index in [1.54, 1.807) is 18.2 Å². The lowest BCUT2D eigenvalue weighted by atomic mass is 9.74. The maximum atomic E-state index is 12.4. The van der Waals surface area contributed by atoms with Gasteiger partial charge in [-0.3, -0.25) is 4.79 Å². The van der Waals surface area contributed by atoms with E-state index in [4.69, 9.17) is 4.74 Å². The molecule has 0 bridgehead atoms. The van der Waals surface area contributed by atoms with E-state index in [0.29, 0.717) is 13.2 Å². The summed E-state index contributed by atoms with van der Waals surface area (Å²) in [5.74, 6) is 0.00144. The summed E-state index contributed by atoms with van der Waals surface area (Å²) in [5, 5.41) is 9.67. The van der Waals surface area contributed by atoms with Crippen LogP contribution < -0.4 is 0 Å². The smallest absolute Gasteiger partial charge is 0.317 e. The highest BCUT2D eigenvalue weighted by atomic mass is 16.5. The normalized spacial score (nSPS) is 24.1. The molecule has 104 valence electrons. The van der Waals surface area contributed by atoms with Crippen molar-refractivity contribution in [1.82, 2.24) is 4.90 Å². The number of nitrogens with zero attached hydrogens (tertiary/aromatic N) is 1. The highest BCUT2D eigenvalue weighted by Gasteiger charge is 2.44. The van der Waals surface area contributed by atoms with Gasteiger partial charge in [-0.05, 0) is 51.1 Å². The molecule has 0 saturated carbocycles. The molecule has 1 saturated heterocycles. The molecule has 1 aliphatic rings. The molecule has 0 aromatic heterocycles. The molecular weight excluding hydrogens is 242 g/mol. The molecule has 1 aliphatic heterocycles. The van der Waals surface area contributed by atoms with Gasteiger partial charge in [0.15, 0.2) is 0 Å². The fourth-order valence-electron chi connectivity index (χ4n) is 2.86. The van der Waals surface area contributed by atoms with E-state index in [1.807, 2.05) is 20.0 Å². The molecule has 1 atom stereocenters. The summed E-state index contributed by atoms with van der Waals surface area (Å²) in [4.78, 5) is 14.6. The summed E-state index contributed by atoms with van der Waals surface area (Å²) in [5.41, 5.74) is 0.194. The van der Waals surface area contributed by atoms with Gasteiger partial charge in [0.2, 0.25) is 0 Å². The lowest BCUT2D eigenvalue weighted by Crippen LogP contribution is -2.50. The first kappa shape index (κ1) is 13.9. The standard InChI is InChI=1S/C15H21NO3/c1-3-19-14(18)15(8-5-9-16(2)11-15)12-6-4-7-13(17)10-12/h4,6-7,10,17H,3,5,8-9,11H2,1-2H3. The number of rotatable bonds is 3. The number of aromatic hydroxyl groups is 1. The lowest BCUT2D eigenvalue weighted by molar-refractivity contribution is -0.152. The highest BCUT2D eigenvalue weighted by molar-refractivity contribution is 5.84. The van der Waals surface area contributed by atoms with Crippen LogP contribution in [0.3, 0.4) is 0 Å². The molecule has 0 spiro atoms. The van der Waals surface area contributed by atoms with Crippen molar-refractivity contribution in [2.75, 3.05) is 26.7 Å². The Balaban J connectivity index is 2.41. The molecular formula is C15H21NO3. The zero-order valence-corrected chi connectivity index (χ0v) is 11.6. The zero-order chi connectivity index (χ0) is 13.9. The second-order valence-electron chi connectivity index (χ2n) is 5.19. The Bertz CT molecular complexity index is 460. The molecule has 0 amide bonds. The molecule has 2 rings (SSSR count). The van der Waals surface area contributed by atoms with Crippen molar-refractivity contribution in [2.24, 2.45) is 0 Å². The predicted octanol–water partition coefficient (Wildman–Crippen LogP) is 1.92. The topological polar surface area (TPSA) is 49.8 Å². The molecule has 1 aromatic carbocycles. The minimum atomic E-state index is -0.651. The molecule has 0 aliphatic carbocycles. The Morgan fingerprint density at radius 1 is 1.53 bits per heavy atom. The Labute approximate surface area is 114 Å². The second kappa shape index (κ2) is 5.61. The van der Waals surface area contributed by atoms with E-state index in [2.05, 4.69) is 4.90 Å². The average Bonchev–Trinajstić information content (AvgIpc) is 2.39. The largest absolute Gasteiger partial charge is 0.508 e. The van der Waals surface area contributed by atoms with Crippen LogP contribution >= 0.6 is 0 Å². The number of carbonyl (C=O) groups excluding carboxylic acids is 1. The monoisotopic (exact) mass is 263 g/mol. The average molecular weight is 263 g/mol. The molecule has 1 fully saturated rings. The van der Waals surface area contributed by atoms with Crippen LogP contribution in [0.1, 0.15) is 25.3 Å². The number of likely N-dealkylation sites (tertiary alicyclic amines) is 1. The third kappa shape index (κ3) is 2.73. The third-order valence-electron chi connectivity index (χ3n) is 3.75. The van der Waals surface area contributed by atoms with Crippen LogP contribution in [0.5, 0.6) is 5.75 Å². The summed E-state index contributed by atoms with van der Waals surface area (Å²) in [6, 6.07) is 6.97. The fourth-order valence-corrected chi connectivity index (χ4v) is 2.86. The number of hydrogen-bond donors (Lipinski definition) is 1. The first-order chi connectivity index (χ1) is 9.08. The van der Waals surface area contributed by atoms with E-state index in [1.165, 1.54) is 0 Å². The van der Waals surface area contributed by atoms with Crippen molar-refractivity contribution in [1.29, 1.82) is 0 Å². The van der Waals surface area contributed by atoms with Gasteiger partial charge in [0.05, 0.1) is 6.61 Å². The number of ether oxygens (including phenoxy) is 1. The zero-order valence-electron chi connectivity index (χ0n) is 11.6. The fraction of sp³-hybridized carbons (Fsp3) is 0.533. The van der Waals surface area contributed by atoms with Gasteiger partial charge >= 0.3 is 5.97 Å². The summed E-state index contributed by atoms with van der Waals surface area (Å²) >= 11 is 0. The number of phenolic OH excluding ortho intramolecular Hbond substituents is 1. The maximum absolute atomic E-state index is 12.4. The Morgan fingerprint density at radius 3 is 2.95 bits per heavy atom. The Morgan fingerprint density at radius 2 is 2.32 bits per heavy atom. The van der Waals surface area contributed by atoms with Crippen LogP contribution in [0.4, 0.5) is 0 Å². The van der Waals surface area contributed by atoms with Crippen molar-refractivity contribution in [3.05, 3.63) is 29.8 Å². The molecule has 1 unspecified atom stereocenters. The van der Waals surface area contributed by atoms with Crippen LogP contribution in [-0.2, 0) is 14.9 Å². The number of benzene rings is 1. The second-order valence-corrected chi connectivity index (χ2v) is 5.19. The Kier molecular flexibility index (Phi) is 4.10. The van der Waals surface area contributed by atoms with Crippen molar-refractivity contribution in [2.45, 2.75) is 25.2 Å². The number of carbonyl (C=O) groups is 1. The van der Waals surface area contributed by atoms with E-state index < -0.39 is 5.41 Å². The molecule has 4 heteroatoms. The summed E-state index contributed by atoms with van der Waals surface area (Å²) in [7, 11) is 2.01. The molecule has 4 nitrogen and oxygen atoms in total. The van der Waals surface area contributed by atoms with Gasteiger partial charge in [-0.25, -0.2) is 0 Å². The predicted molar refractivity (Wildman–Crippen MR) is 73.1 cm³/mol. The van der Waals surface area contributed by atoms with Gasteiger partial charge in [-0.2, -0.15) is 0 Å². The van der Waals surface area contributed by atoms with Gasteiger partial charge in [-0.15, -0.1) is 0 Å². The van der Waals surface area contributed by atoms with Crippen LogP contribution in [0.2, 0.25) is 0 Å². The number of likely N-dealkylation sites (N-methyl/N-ethyl adjacent to an activating group) is 1. The minimum absolute atomic E-state index is 0.188. The summed E-state index contributed by atoms with van der Waals surface area (Å²) in [6.07, 6.45) is 1.71. The maximum Gasteiger partial charge on any atom is 0.317 e. The first-order valence-electron chi connectivity index (χ1n) is 6.74. The van der Waals surface area contributed by atoms with E-state index >= 15 is 0 Å². The lowest BCUT2D eigenvalue weighted by Gasteiger charge is -2.39. The molecule has 1 heterocycles. The van der Waals surface area contributed by atoms with Gasteiger partial charge in [-0.1, -0.05) is 12.1 Å².